The zero-order chi connectivity index (χ0) is 16.3. The van der Waals surface area contributed by atoms with Crippen LogP contribution in [0.5, 0.6) is 0 Å². The topological polar surface area (TPSA) is 63.6 Å². The number of esters is 1. The van der Waals surface area contributed by atoms with E-state index in [4.69, 9.17) is 27.9 Å². The van der Waals surface area contributed by atoms with E-state index in [1.165, 1.54) is 24.3 Å². The molecule has 0 saturated carbocycles. The van der Waals surface area contributed by atoms with Crippen LogP contribution in [0.1, 0.15) is 18.1 Å². The van der Waals surface area contributed by atoms with Crippen molar-refractivity contribution in [3.8, 4) is 0 Å². The molecule has 2 aromatic carbocycles. The molecule has 4 nitrogen and oxygen atoms in total. The molecule has 0 aliphatic heterocycles. The summed E-state index contributed by atoms with van der Waals surface area (Å²) in [5.74, 6) is -2.15. The second-order valence-electron chi connectivity index (χ2n) is 4.54. The van der Waals surface area contributed by atoms with Gasteiger partial charge in [0.25, 0.3) is 5.60 Å². The fourth-order valence-corrected chi connectivity index (χ4v) is 2.78. The molecule has 22 heavy (non-hydrogen) atoms. The highest BCUT2D eigenvalue weighted by molar-refractivity contribution is 6.33. The SMILES string of the molecule is CC(=O)OC(C(=O)O)(c1ccccc1Cl)c1ccccc1Cl. The number of hydrogen-bond donors (Lipinski definition) is 1. The van der Waals surface area contributed by atoms with Gasteiger partial charge in [-0.25, -0.2) is 4.79 Å². The maximum atomic E-state index is 12.1. The zero-order valence-corrected chi connectivity index (χ0v) is 13.1. The fraction of sp³-hybridized carbons (Fsp3) is 0.125. The monoisotopic (exact) mass is 338 g/mol. The van der Waals surface area contributed by atoms with Gasteiger partial charge in [0, 0.05) is 28.1 Å². The van der Waals surface area contributed by atoms with Gasteiger partial charge < -0.3 is 9.84 Å². The molecule has 0 unspecified atom stereocenters. The standard InChI is InChI=1S/C16H12Cl2O4/c1-10(19)22-16(15(20)21,11-6-2-4-8-13(11)17)12-7-3-5-9-14(12)18/h2-9H,1H3,(H,20,21). The number of hydrogen-bond acceptors (Lipinski definition) is 3. The lowest BCUT2D eigenvalue weighted by Gasteiger charge is -2.31. The molecule has 0 aliphatic rings. The number of halogens is 2. The van der Waals surface area contributed by atoms with Crippen molar-refractivity contribution >= 4 is 35.1 Å². The minimum atomic E-state index is -2.11. The summed E-state index contributed by atoms with van der Waals surface area (Å²) in [5.41, 5.74) is -1.84. The minimum Gasteiger partial charge on any atom is -0.478 e. The summed E-state index contributed by atoms with van der Waals surface area (Å²) in [6, 6.07) is 12.5. The van der Waals surface area contributed by atoms with Gasteiger partial charge in [-0.1, -0.05) is 59.6 Å². The Bertz CT molecular complexity index is 682. The third kappa shape index (κ3) is 2.80. The first-order valence-electron chi connectivity index (χ1n) is 6.32. The summed E-state index contributed by atoms with van der Waals surface area (Å²) >= 11 is 12.3. The second-order valence-corrected chi connectivity index (χ2v) is 5.35. The third-order valence-electron chi connectivity index (χ3n) is 3.10. The van der Waals surface area contributed by atoms with Gasteiger partial charge in [0.2, 0.25) is 0 Å². The van der Waals surface area contributed by atoms with Crippen molar-refractivity contribution in [1.29, 1.82) is 0 Å². The lowest BCUT2D eigenvalue weighted by Crippen LogP contribution is -2.42. The Morgan fingerprint density at radius 3 is 1.68 bits per heavy atom. The lowest BCUT2D eigenvalue weighted by molar-refractivity contribution is -0.173. The first-order chi connectivity index (χ1) is 10.4. The number of carbonyl (C=O) groups is 2. The van der Waals surface area contributed by atoms with E-state index in [0.717, 1.165) is 6.92 Å². The minimum absolute atomic E-state index is 0.132. The number of carboxylic acid groups (broad SMARTS) is 1. The number of ether oxygens (including phenoxy) is 1. The average molecular weight is 339 g/mol. The van der Waals surface area contributed by atoms with E-state index in [1.807, 2.05) is 0 Å². The van der Waals surface area contributed by atoms with Crippen molar-refractivity contribution in [3.05, 3.63) is 69.7 Å². The largest absolute Gasteiger partial charge is 0.478 e. The molecule has 6 heteroatoms. The number of benzene rings is 2. The van der Waals surface area contributed by atoms with E-state index in [9.17, 15) is 14.7 Å². The van der Waals surface area contributed by atoms with Crippen LogP contribution >= 0.6 is 23.2 Å². The third-order valence-corrected chi connectivity index (χ3v) is 3.76. The van der Waals surface area contributed by atoms with E-state index in [2.05, 4.69) is 0 Å². The van der Waals surface area contributed by atoms with E-state index in [-0.39, 0.29) is 21.2 Å². The first-order valence-corrected chi connectivity index (χ1v) is 7.08. The van der Waals surface area contributed by atoms with Gasteiger partial charge in [-0.3, -0.25) is 4.79 Å². The predicted molar refractivity (Wildman–Crippen MR) is 83.1 cm³/mol. The Morgan fingerprint density at radius 2 is 1.36 bits per heavy atom. The zero-order valence-electron chi connectivity index (χ0n) is 11.5. The molecular formula is C16H12Cl2O4. The highest BCUT2D eigenvalue weighted by Gasteiger charge is 2.48. The molecular weight excluding hydrogens is 327 g/mol. The second kappa shape index (κ2) is 6.38. The van der Waals surface area contributed by atoms with Gasteiger partial charge in [0.1, 0.15) is 0 Å². The summed E-state index contributed by atoms with van der Waals surface area (Å²) < 4.78 is 5.23. The fourth-order valence-electron chi connectivity index (χ4n) is 2.24. The Kier molecular flexibility index (Phi) is 4.74. The van der Waals surface area contributed by atoms with Crippen LogP contribution in [-0.2, 0) is 19.9 Å². The van der Waals surface area contributed by atoms with Gasteiger partial charge >= 0.3 is 11.9 Å². The molecule has 0 aromatic heterocycles. The Balaban J connectivity index is 2.84. The molecule has 0 spiro atoms. The summed E-state index contributed by atoms with van der Waals surface area (Å²) in [4.78, 5) is 23.6. The van der Waals surface area contributed by atoms with Crippen LogP contribution in [0.15, 0.2) is 48.5 Å². The number of carboxylic acids is 1. The van der Waals surface area contributed by atoms with Crippen LogP contribution < -0.4 is 0 Å². The Morgan fingerprint density at radius 1 is 0.955 bits per heavy atom. The van der Waals surface area contributed by atoms with Crippen molar-refractivity contribution in [2.24, 2.45) is 0 Å². The van der Waals surface area contributed by atoms with Crippen LogP contribution in [0.3, 0.4) is 0 Å². The highest BCUT2D eigenvalue weighted by Crippen LogP contribution is 2.41. The molecule has 0 atom stereocenters. The number of rotatable bonds is 4. The van der Waals surface area contributed by atoms with Crippen LogP contribution in [0.4, 0.5) is 0 Å². The molecule has 2 aromatic rings. The van der Waals surface area contributed by atoms with E-state index in [0.29, 0.717) is 0 Å². The number of carbonyl (C=O) groups excluding carboxylic acids is 1. The lowest BCUT2D eigenvalue weighted by atomic mass is 9.85. The van der Waals surface area contributed by atoms with Crippen LogP contribution in [0, 0.1) is 0 Å². The van der Waals surface area contributed by atoms with Crippen molar-refractivity contribution in [1.82, 2.24) is 0 Å². The molecule has 0 amide bonds. The molecule has 0 saturated heterocycles. The van der Waals surface area contributed by atoms with Crippen molar-refractivity contribution in [2.75, 3.05) is 0 Å². The quantitative estimate of drug-likeness (QED) is 0.859. The van der Waals surface area contributed by atoms with Gasteiger partial charge in [0.05, 0.1) is 0 Å². The van der Waals surface area contributed by atoms with Crippen molar-refractivity contribution in [3.63, 3.8) is 0 Å². The Hall–Kier alpha value is -2.04. The number of aliphatic carboxylic acids is 1. The molecule has 0 bridgehead atoms. The molecule has 0 radical (unpaired) electrons. The van der Waals surface area contributed by atoms with Crippen molar-refractivity contribution < 1.29 is 19.4 Å². The molecule has 1 N–H and O–H groups in total. The molecule has 0 aliphatic carbocycles. The molecule has 0 heterocycles. The maximum absolute atomic E-state index is 12.1. The van der Waals surface area contributed by atoms with Crippen LogP contribution in [0.2, 0.25) is 10.0 Å². The molecule has 114 valence electrons. The average Bonchev–Trinajstić information content (AvgIpc) is 2.45. The normalized spacial score (nSPS) is 11.0. The summed E-state index contributed by atoms with van der Waals surface area (Å²) in [7, 11) is 0. The van der Waals surface area contributed by atoms with Crippen LogP contribution in [0.25, 0.3) is 0 Å². The predicted octanol–water partition coefficient (Wildman–Crippen LogP) is 3.88. The summed E-state index contributed by atoms with van der Waals surface area (Å²) in [6.07, 6.45) is 0. The van der Waals surface area contributed by atoms with Crippen LogP contribution in [-0.4, -0.2) is 17.0 Å². The smallest absolute Gasteiger partial charge is 0.357 e. The van der Waals surface area contributed by atoms with E-state index in [1.54, 1.807) is 24.3 Å². The summed E-state index contributed by atoms with van der Waals surface area (Å²) in [5, 5.41) is 10.2. The maximum Gasteiger partial charge on any atom is 0.357 e. The van der Waals surface area contributed by atoms with Gasteiger partial charge in [-0.2, -0.15) is 0 Å². The highest BCUT2D eigenvalue weighted by atomic mass is 35.5. The summed E-state index contributed by atoms with van der Waals surface area (Å²) in [6.45, 7) is 1.13. The Labute approximate surface area is 137 Å². The molecule has 0 fully saturated rings. The van der Waals surface area contributed by atoms with E-state index < -0.39 is 17.5 Å². The first kappa shape index (κ1) is 16.3. The van der Waals surface area contributed by atoms with Gasteiger partial charge in [0.15, 0.2) is 0 Å². The van der Waals surface area contributed by atoms with Gasteiger partial charge in [-0.05, 0) is 12.1 Å². The molecule has 2 rings (SSSR count). The van der Waals surface area contributed by atoms with E-state index >= 15 is 0 Å². The van der Waals surface area contributed by atoms with Gasteiger partial charge in [-0.15, -0.1) is 0 Å². The van der Waals surface area contributed by atoms with Crippen molar-refractivity contribution in [2.45, 2.75) is 12.5 Å².